The molecule has 0 aliphatic carbocycles. The summed E-state index contributed by atoms with van der Waals surface area (Å²) in [5.74, 6) is 0.644. The number of halogens is 2. The third kappa shape index (κ3) is 5.63. The van der Waals surface area contributed by atoms with E-state index >= 15 is 0 Å². The highest BCUT2D eigenvalue weighted by atomic mass is 35.5. The molecule has 2 aliphatic heterocycles. The van der Waals surface area contributed by atoms with Crippen LogP contribution in [0.5, 0.6) is 0 Å². The monoisotopic (exact) mass is 625 g/mol. The largest absolute Gasteiger partial charge is 0.338 e. The number of nitrogens with one attached hydrogen (secondary N) is 2. The molecule has 3 aromatic heterocycles. The molecular formula is C33H33ClFN9O. The first kappa shape index (κ1) is 29.3. The SMILES string of the molecule is Cc1c(Nc2ncnc3cc(CN4CC(F)C4)cnc23)cccc1-c1cccc(NC(=O)c2nc3c(n2C)CCN(C)C3)c1Cl. The van der Waals surface area contributed by atoms with E-state index in [-0.39, 0.29) is 5.91 Å². The van der Waals surface area contributed by atoms with Crippen molar-refractivity contribution in [3.05, 3.63) is 88.4 Å². The minimum Gasteiger partial charge on any atom is -0.338 e. The van der Waals surface area contributed by atoms with Crippen molar-refractivity contribution < 1.29 is 9.18 Å². The number of amides is 1. The Morgan fingerprint density at radius 3 is 2.64 bits per heavy atom. The normalized spacial score (nSPS) is 15.6. The van der Waals surface area contributed by atoms with Crippen molar-refractivity contribution >= 4 is 45.7 Å². The van der Waals surface area contributed by atoms with Gasteiger partial charge in [-0.15, -0.1) is 0 Å². The molecule has 1 fully saturated rings. The van der Waals surface area contributed by atoms with Crippen molar-refractivity contribution in [1.82, 2.24) is 34.3 Å². The van der Waals surface area contributed by atoms with E-state index in [0.29, 0.717) is 53.0 Å². The van der Waals surface area contributed by atoms with Crippen LogP contribution in [0.3, 0.4) is 0 Å². The molecule has 0 spiro atoms. The number of carbonyl (C=O) groups is 1. The molecule has 5 heterocycles. The fraction of sp³-hybridized carbons (Fsp3) is 0.303. The molecule has 5 aromatic rings. The maximum absolute atomic E-state index is 13.4. The Morgan fingerprint density at radius 2 is 1.84 bits per heavy atom. The molecule has 0 saturated carbocycles. The van der Waals surface area contributed by atoms with Gasteiger partial charge in [-0.1, -0.05) is 35.9 Å². The molecule has 230 valence electrons. The first-order valence-electron chi connectivity index (χ1n) is 14.9. The zero-order valence-electron chi connectivity index (χ0n) is 25.3. The number of alkyl halides is 1. The van der Waals surface area contributed by atoms with E-state index in [0.717, 1.165) is 58.8 Å². The molecule has 0 radical (unpaired) electrons. The summed E-state index contributed by atoms with van der Waals surface area (Å²) in [4.78, 5) is 35.8. The second-order valence-corrected chi connectivity index (χ2v) is 12.2. The molecule has 12 heteroatoms. The molecule has 2 aromatic carbocycles. The number of hydrogen-bond acceptors (Lipinski definition) is 8. The molecule has 0 atom stereocenters. The van der Waals surface area contributed by atoms with E-state index in [9.17, 15) is 9.18 Å². The highest BCUT2D eigenvalue weighted by Crippen LogP contribution is 2.38. The van der Waals surface area contributed by atoms with Crippen molar-refractivity contribution in [3.63, 3.8) is 0 Å². The van der Waals surface area contributed by atoms with E-state index in [4.69, 9.17) is 11.6 Å². The number of pyridine rings is 1. The molecule has 0 bridgehead atoms. The number of hydrogen-bond donors (Lipinski definition) is 2. The molecule has 7 rings (SSSR count). The van der Waals surface area contributed by atoms with Gasteiger partial charge in [0.25, 0.3) is 5.91 Å². The zero-order chi connectivity index (χ0) is 31.2. The van der Waals surface area contributed by atoms with Crippen molar-refractivity contribution in [1.29, 1.82) is 0 Å². The first-order chi connectivity index (χ1) is 21.7. The highest BCUT2D eigenvalue weighted by molar-refractivity contribution is 6.36. The average molecular weight is 626 g/mol. The third-order valence-electron chi connectivity index (χ3n) is 8.62. The number of likely N-dealkylation sites (N-methyl/N-ethyl adjacent to an activating group) is 1. The summed E-state index contributed by atoms with van der Waals surface area (Å²) in [6, 6.07) is 13.5. The van der Waals surface area contributed by atoms with Gasteiger partial charge in [0.1, 0.15) is 18.0 Å². The number of carbonyl (C=O) groups excluding carboxylic acids is 1. The van der Waals surface area contributed by atoms with Crippen LogP contribution in [-0.2, 0) is 26.6 Å². The quantitative estimate of drug-likeness (QED) is 0.244. The van der Waals surface area contributed by atoms with Gasteiger partial charge < -0.3 is 20.1 Å². The Morgan fingerprint density at radius 1 is 1.07 bits per heavy atom. The van der Waals surface area contributed by atoms with Crippen LogP contribution in [0.15, 0.2) is 55.0 Å². The molecule has 2 N–H and O–H groups in total. The Balaban J connectivity index is 1.13. The van der Waals surface area contributed by atoms with Crippen LogP contribution in [0.25, 0.3) is 22.2 Å². The molecule has 1 amide bonds. The molecule has 2 aliphatic rings. The lowest BCUT2D eigenvalue weighted by molar-refractivity contribution is 0.0590. The number of nitrogens with zero attached hydrogens (tertiary/aromatic N) is 7. The smallest absolute Gasteiger partial charge is 0.291 e. The van der Waals surface area contributed by atoms with E-state index in [1.807, 2.05) is 59.8 Å². The predicted octanol–water partition coefficient (Wildman–Crippen LogP) is 5.52. The molecule has 1 saturated heterocycles. The Labute approximate surface area is 265 Å². The summed E-state index contributed by atoms with van der Waals surface area (Å²) in [5, 5.41) is 6.86. The highest BCUT2D eigenvalue weighted by Gasteiger charge is 2.27. The van der Waals surface area contributed by atoms with Crippen LogP contribution < -0.4 is 10.6 Å². The standard InChI is InChI=1S/C33H33ClFN9O/c1-19-22(23-7-5-9-25(29(23)34)41-33(45)32-40-27-17-42(2)11-10-28(27)43(32)3)6-4-8-24(19)39-31-30-26(37-18-38-31)12-20(13-36-30)14-44-15-21(35)16-44/h4-9,12-13,18,21H,10-11,14-17H2,1-3H3,(H,41,45)(H,37,38,39). The van der Waals surface area contributed by atoms with Crippen LogP contribution in [0.4, 0.5) is 21.6 Å². The summed E-state index contributed by atoms with van der Waals surface area (Å²) in [7, 11) is 3.94. The predicted molar refractivity (Wildman–Crippen MR) is 174 cm³/mol. The van der Waals surface area contributed by atoms with Crippen molar-refractivity contribution in [2.24, 2.45) is 7.05 Å². The minimum atomic E-state index is -0.744. The average Bonchev–Trinajstić information content (AvgIpc) is 3.34. The number of fused-ring (bicyclic) bond motifs is 2. The summed E-state index contributed by atoms with van der Waals surface area (Å²) in [5.41, 5.74) is 8.35. The minimum absolute atomic E-state index is 0.302. The van der Waals surface area contributed by atoms with Crippen molar-refractivity contribution in [2.45, 2.75) is 32.6 Å². The number of aromatic nitrogens is 5. The summed E-state index contributed by atoms with van der Waals surface area (Å²) >= 11 is 6.95. The second kappa shape index (κ2) is 11.8. The fourth-order valence-corrected chi connectivity index (χ4v) is 6.40. The lowest BCUT2D eigenvalue weighted by Crippen LogP contribution is -2.47. The molecule has 10 nitrogen and oxygen atoms in total. The van der Waals surface area contributed by atoms with E-state index in [2.05, 4.69) is 42.5 Å². The summed E-state index contributed by atoms with van der Waals surface area (Å²) < 4.78 is 15.1. The number of likely N-dealkylation sites (tertiary alicyclic amines) is 1. The zero-order valence-corrected chi connectivity index (χ0v) is 26.1. The van der Waals surface area contributed by atoms with Gasteiger partial charge in [0, 0.05) is 69.3 Å². The van der Waals surface area contributed by atoms with E-state index < -0.39 is 6.17 Å². The van der Waals surface area contributed by atoms with Crippen LogP contribution in [0, 0.1) is 6.92 Å². The second-order valence-electron chi connectivity index (χ2n) is 11.8. The van der Waals surface area contributed by atoms with Crippen LogP contribution in [0.1, 0.15) is 33.1 Å². The molecule has 0 unspecified atom stereocenters. The molecule has 45 heavy (non-hydrogen) atoms. The maximum Gasteiger partial charge on any atom is 0.291 e. The van der Waals surface area contributed by atoms with Gasteiger partial charge >= 0.3 is 0 Å². The lowest BCUT2D eigenvalue weighted by atomic mass is 9.98. The van der Waals surface area contributed by atoms with Gasteiger partial charge in [0.2, 0.25) is 0 Å². The van der Waals surface area contributed by atoms with Crippen molar-refractivity contribution in [3.8, 4) is 11.1 Å². The maximum atomic E-state index is 13.4. The summed E-state index contributed by atoms with van der Waals surface area (Å²) in [6.45, 7) is 5.20. The lowest BCUT2D eigenvalue weighted by Gasteiger charge is -2.34. The number of benzene rings is 2. The van der Waals surface area contributed by atoms with Gasteiger partial charge in [0.15, 0.2) is 11.6 Å². The van der Waals surface area contributed by atoms with Gasteiger partial charge in [-0.3, -0.25) is 14.7 Å². The molecular weight excluding hydrogens is 593 g/mol. The third-order valence-corrected chi connectivity index (χ3v) is 9.03. The topological polar surface area (TPSA) is 104 Å². The van der Waals surface area contributed by atoms with Gasteiger partial charge in [-0.05, 0) is 48.9 Å². The number of rotatable bonds is 7. The Kier molecular flexibility index (Phi) is 7.68. The van der Waals surface area contributed by atoms with E-state index in [1.54, 1.807) is 12.3 Å². The Bertz CT molecular complexity index is 1940. The summed E-state index contributed by atoms with van der Waals surface area (Å²) in [6.07, 6.45) is 3.41. The fourth-order valence-electron chi connectivity index (χ4n) is 6.12. The van der Waals surface area contributed by atoms with Crippen LogP contribution >= 0.6 is 11.6 Å². The van der Waals surface area contributed by atoms with E-state index in [1.165, 1.54) is 6.33 Å². The van der Waals surface area contributed by atoms with Gasteiger partial charge in [0.05, 0.1) is 21.9 Å². The van der Waals surface area contributed by atoms with Crippen LogP contribution in [-0.4, -0.2) is 73.1 Å². The van der Waals surface area contributed by atoms with Crippen molar-refractivity contribution in [2.75, 3.05) is 37.3 Å². The Hall–Kier alpha value is -4.45. The number of anilines is 3. The van der Waals surface area contributed by atoms with Crippen LogP contribution in [0.2, 0.25) is 5.02 Å². The first-order valence-corrected chi connectivity index (χ1v) is 15.3. The number of imidazole rings is 1. The van der Waals surface area contributed by atoms with Gasteiger partial charge in [-0.25, -0.2) is 19.3 Å². The van der Waals surface area contributed by atoms with Gasteiger partial charge in [-0.2, -0.15) is 0 Å².